The quantitative estimate of drug-likeness (QED) is 0.864. The summed E-state index contributed by atoms with van der Waals surface area (Å²) in [6.45, 7) is 3.43. The molecular weight excluding hydrogens is 298 g/mol. The van der Waals surface area contributed by atoms with E-state index in [2.05, 4.69) is 64.4 Å². The number of hydrogen-bond acceptors (Lipinski definition) is 4. The molecule has 2 aliphatic rings. The van der Waals surface area contributed by atoms with E-state index in [0.29, 0.717) is 6.10 Å². The second kappa shape index (κ2) is 7.16. The van der Waals surface area contributed by atoms with E-state index < -0.39 is 0 Å². The molecule has 0 bridgehead atoms. The lowest BCUT2D eigenvalue weighted by atomic mass is 10.1. The van der Waals surface area contributed by atoms with Gasteiger partial charge in [0.05, 0.1) is 19.4 Å². The minimum atomic E-state index is 0.357. The zero-order valence-electron chi connectivity index (χ0n) is 13.8. The highest BCUT2D eigenvalue weighted by Crippen LogP contribution is 2.22. The maximum atomic E-state index is 5.80. The number of ether oxygens (including phenoxy) is 1. The summed E-state index contributed by atoms with van der Waals surface area (Å²) >= 11 is 0. The van der Waals surface area contributed by atoms with Gasteiger partial charge >= 0.3 is 0 Å². The number of hydrogen-bond donors (Lipinski definition) is 0. The first-order valence-electron chi connectivity index (χ1n) is 8.66. The van der Waals surface area contributed by atoms with Gasteiger partial charge in [-0.05, 0) is 25.0 Å². The topological polar surface area (TPSA) is 28.1 Å². The van der Waals surface area contributed by atoms with E-state index in [1.54, 1.807) is 0 Å². The molecule has 2 aromatic rings. The van der Waals surface area contributed by atoms with Crippen LogP contribution in [0.2, 0.25) is 0 Å². The van der Waals surface area contributed by atoms with E-state index >= 15 is 0 Å². The van der Waals surface area contributed by atoms with Crippen molar-refractivity contribution in [2.24, 2.45) is 4.99 Å². The van der Waals surface area contributed by atoms with Crippen molar-refractivity contribution in [3.8, 4) is 0 Å². The molecule has 1 fully saturated rings. The number of benzene rings is 2. The SMILES string of the molecule is c1ccc(C2=NCN(C[C@@H]3CCCO3)CN2c2ccccc2)cc1. The predicted octanol–water partition coefficient (Wildman–Crippen LogP) is 3.35. The average molecular weight is 321 g/mol. The monoisotopic (exact) mass is 321 g/mol. The van der Waals surface area contributed by atoms with Gasteiger partial charge in [0, 0.05) is 24.4 Å². The molecule has 1 atom stereocenters. The van der Waals surface area contributed by atoms with Crippen molar-refractivity contribution in [1.29, 1.82) is 0 Å². The normalized spacial score (nSPS) is 21.8. The molecule has 4 nitrogen and oxygen atoms in total. The third kappa shape index (κ3) is 3.35. The number of anilines is 1. The van der Waals surface area contributed by atoms with E-state index in [9.17, 15) is 0 Å². The Balaban J connectivity index is 1.60. The fourth-order valence-corrected chi connectivity index (χ4v) is 3.40. The van der Waals surface area contributed by atoms with Gasteiger partial charge in [-0.3, -0.25) is 9.89 Å². The van der Waals surface area contributed by atoms with E-state index in [0.717, 1.165) is 44.3 Å². The van der Waals surface area contributed by atoms with E-state index in [4.69, 9.17) is 9.73 Å². The largest absolute Gasteiger partial charge is 0.377 e. The van der Waals surface area contributed by atoms with Gasteiger partial charge in [-0.15, -0.1) is 0 Å². The number of amidine groups is 1. The summed E-state index contributed by atoms with van der Waals surface area (Å²) in [6.07, 6.45) is 2.70. The van der Waals surface area contributed by atoms with E-state index in [-0.39, 0.29) is 0 Å². The summed E-state index contributed by atoms with van der Waals surface area (Å²) in [5, 5.41) is 0. The molecule has 1 saturated heterocycles. The Morgan fingerprint density at radius 1 is 1.00 bits per heavy atom. The highest BCUT2D eigenvalue weighted by Gasteiger charge is 2.26. The van der Waals surface area contributed by atoms with Crippen LogP contribution in [0, 0.1) is 0 Å². The Bertz CT molecular complexity index is 681. The second-order valence-corrected chi connectivity index (χ2v) is 6.38. The van der Waals surface area contributed by atoms with Crippen molar-refractivity contribution in [2.45, 2.75) is 18.9 Å². The molecular formula is C20H23N3O. The average Bonchev–Trinajstić information content (AvgIpc) is 3.16. The summed E-state index contributed by atoms with van der Waals surface area (Å²) in [7, 11) is 0. The van der Waals surface area contributed by atoms with Crippen LogP contribution in [-0.4, -0.2) is 43.3 Å². The van der Waals surface area contributed by atoms with Crippen LogP contribution in [0.25, 0.3) is 0 Å². The smallest absolute Gasteiger partial charge is 0.137 e. The summed E-state index contributed by atoms with van der Waals surface area (Å²) in [5.74, 6) is 1.05. The van der Waals surface area contributed by atoms with Crippen molar-refractivity contribution >= 4 is 11.5 Å². The minimum absolute atomic E-state index is 0.357. The van der Waals surface area contributed by atoms with Gasteiger partial charge in [0.15, 0.2) is 0 Å². The lowest BCUT2D eigenvalue weighted by Gasteiger charge is -2.37. The summed E-state index contributed by atoms with van der Waals surface area (Å²) in [4.78, 5) is 9.56. The Hall–Kier alpha value is -2.17. The van der Waals surface area contributed by atoms with Crippen LogP contribution in [0.3, 0.4) is 0 Å². The molecule has 0 saturated carbocycles. The molecule has 0 N–H and O–H groups in total. The highest BCUT2D eigenvalue weighted by molar-refractivity contribution is 6.10. The molecule has 2 aliphatic heterocycles. The molecule has 124 valence electrons. The first-order chi connectivity index (χ1) is 11.9. The van der Waals surface area contributed by atoms with Gasteiger partial charge in [0.1, 0.15) is 5.84 Å². The third-order valence-corrected chi connectivity index (χ3v) is 4.60. The predicted molar refractivity (Wildman–Crippen MR) is 97.3 cm³/mol. The second-order valence-electron chi connectivity index (χ2n) is 6.38. The lowest BCUT2D eigenvalue weighted by Crippen LogP contribution is -2.48. The van der Waals surface area contributed by atoms with Gasteiger partial charge in [0.2, 0.25) is 0 Å². The maximum Gasteiger partial charge on any atom is 0.137 e. The van der Waals surface area contributed by atoms with Crippen molar-refractivity contribution < 1.29 is 4.74 Å². The van der Waals surface area contributed by atoms with Crippen LogP contribution in [0.4, 0.5) is 5.69 Å². The van der Waals surface area contributed by atoms with Crippen LogP contribution in [0.5, 0.6) is 0 Å². The zero-order valence-corrected chi connectivity index (χ0v) is 13.8. The number of rotatable bonds is 4. The molecule has 24 heavy (non-hydrogen) atoms. The number of aliphatic imine (C=N–C) groups is 1. The third-order valence-electron chi connectivity index (χ3n) is 4.60. The van der Waals surface area contributed by atoms with Crippen molar-refractivity contribution in [3.05, 3.63) is 66.2 Å². The minimum Gasteiger partial charge on any atom is -0.377 e. The molecule has 4 rings (SSSR count). The van der Waals surface area contributed by atoms with Crippen molar-refractivity contribution in [1.82, 2.24) is 4.90 Å². The lowest BCUT2D eigenvalue weighted by molar-refractivity contribution is 0.0739. The molecule has 0 amide bonds. The molecule has 4 heteroatoms. The maximum absolute atomic E-state index is 5.80. The van der Waals surface area contributed by atoms with Gasteiger partial charge in [-0.1, -0.05) is 48.5 Å². The Morgan fingerprint density at radius 3 is 2.46 bits per heavy atom. The molecule has 2 aromatic carbocycles. The van der Waals surface area contributed by atoms with Crippen LogP contribution in [0.15, 0.2) is 65.7 Å². The molecule has 0 spiro atoms. The molecule has 0 unspecified atom stereocenters. The Labute approximate surface area is 143 Å². The molecule has 0 aliphatic carbocycles. The van der Waals surface area contributed by atoms with E-state index in [1.807, 2.05) is 6.07 Å². The summed E-state index contributed by atoms with van der Waals surface area (Å²) in [5.41, 5.74) is 2.34. The fraction of sp³-hybridized carbons (Fsp3) is 0.350. The van der Waals surface area contributed by atoms with Gasteiger partial charge in [-0.25, -0.2) is 0 Å². The van der Waals surface area contributed by atoms with Crippen molar-refractivity contribution in [3.63, 3.8) is 0 Å². The molecule has 0 radical (unpaired) electrons. The highest BCUT2D eigenvalue weighted by atomic mass is 16.5. The van der Waals surface area contributed by atoms with Gasteiger partial charge < -0.3 is 9.64 Å². The summed E-state index contributed by atoms with van der Waals surface area (Å²) < 4.78 is 5.80. The standard InChI is InChI=1S/C20H23N3O/c1-3-8-17(9-4-1)20-21-15-22(14-19-12-7-13-24-19)16-23(20)18-10-5-2-6-11-18/h1-6,8-11,19H,7,12-16H2/t19-/m0/s1. The fourth-order valence-electron chi connectivity index (χ4n) is 3.40. The Kier molecular flexibility index (Phi) is 4.58. The van der Waals surface area contributed by atoms with Crippen LogP contribution in [0.1, 0.15) is 18.4 Å². The molecule has 0 aromatic heterocycles. The molecule has 2 heterocycles. The van der Waals surface area contributed by atoms with Crippen molar-refractivity contribution in [2.75, 3.05) is 31.4 Å². The summed E-state index contributed by atoms with van der Waals surface area (Å²) in [6, 6.07) is 20.9. The number of para-hydroxylation sites is 1. The Morgan fingerprint density at radius 2 is 1.75 bits per heavy atom. The van der Waals surface area contributed by atoms with Gasteiger partial charge in [0.25, 0.3) is 0 Å². The zero-order chi connectivity index (χ0) is 16.2. The first-order valence-corrected chi connectivity index (χ1v) is 8.66. The van der Waals surface area contributed by atoms with Crippen LogP contribution < -0.4 is 4.90 Å². The van der Waals surface area contributed by atoms with Crippen LogP contribution in [-0.2, 0) is 4.74 Å². The van der Waals surface area contributed by atoms with E-state index in [1.165, 1.54) is 12.1 Å². The van der Waals surface area contributed by atoms with Crippen LogP contribution >= 0.6 is 0 Å². The van der Waals surface area contributed by atoms with Gasteiger partial charge in [-0.2, -0.15) is 0 Å². The number of nitrogens with zero attached hydrogens (tertiary/aromatic N) is 3. The first kappa shape index (κ1) is 15.4.